The molecule has 0 amide bonds. The van der Waals surface area contributed by atoms with E-state index in [9.17, 15) is 0 Å². The van der Waals surface area contributed by atoms with Crippen LogP contribution >= 0.6 is 0 Å². The zero-order valence-electron chi connectivity index (χ0n) is 7.44. The van der Waals surface area contributed by atoms with Crippen LogP contribution in [0.2, 0.25) is 0 Å². The van der Waals surface area contributed by atoms with E-state index in [-0.39, 0.29) is 0 Å². The average molecular weight is 142 g/mol. The Morgan fingerprint density at radius 2 is 2.00 bits per heavy atom. The van der Waals surface area contributed by atoms with Crippen molar-refractivity contribution < 1.29 is 5.11 Å². The highest BCUT2D eigenvalue weighted by molar-refractivity contribution is 5.05. The van der Waals surface area contributed by atoms with E-state index < -0.39 is 0 Å². The molecule has 1 unspecified atom stereocenters. The summed E-state index contributed by atoms with van der Waals surface area (Å²) in [5.74, 6) is 0.562. The van der Waals surface area contributed by atoms with Gasteiger partial charge in [-0.25, -0.2) is 0 Å². The monoisotopic (exact) mass is 142 g/mol. The molecule has 1 aliphatic rings. The first-order chi connectivity index (χ1) is 4.42. The third-order valence-corrected chi connectivity index (χ3v) is 3.35. The van der Waals surface area contributed by atoms with E-state index in [4.69, 9.17) is 5.11 Å². The Morgan fingerprint density at radius 3 is 2.10 bits per heavy atom. The minimum Gasteiger partial charge on any atom is -0.396 e. The van der Waals surface area contributed by atoms with Crippen LogP contribution < -0.4 is 0 Å². The highest BCUT2D eigenvalue weighted by Crippen LogP contribution is 2.62. The summed E-state index contributed by atoms with van der Waals surface area (Å²) in [6.07, 6.45) is 1.20. The van der Waals surface area contributed by atoms with Gasteiger partial charge in [-0.05, 0) is 23.2 Å². The van der Waals surface area contributed by atoms with Gasteiger partial charge in [0.05, 0.1) is 0 Å². The van der Waals surface area contributed by atoms with Crippen LogP contribution in [0.15, 0.2) is 0 Å². The van der Waals surface area contributed by atoms with Gasteiger partial charge in [-0.1, -0.05) is 27.7 Å². The summed E-state index contributed by atoms with van der Waals surface area (Å²) < 4.78 is 0. The van der Waals surface area contributed by atoms with Crippen LogP contribution in [0.5, 0.6) is 0 Å². The van der Waals surface area contributed by atoms with Gasteiger partial charge in [-0.2, -0.15) is 0 Å². The predicted molar refractivity (Wildman–Crippen MR) is 42.8 cm³/mol. The smallest absolute Gasteiger partial charge is 0.0464 e. The van der Waals surface area contributed by atoms with E-state index in [0.29, 0.717) is 23.4 Å². The van der Waals surface area contributed by atoms with Gasteiger partial charge in [0.15, 0.2) is 0 Å². The Balaban J connectivity index is 2.59. The first-order valence-corrected chi connectivity index (χ1v) is 4.02. The quantitative estimate of drug-likeness (QED) is 0.594. The summed E-state index contributed by atoms with van der Waals surface area (Å²) in [4.78, 5) is 0. The zero-order chi connectivity index (χ0) is 7.99. The minimum absolute atomic E-state index is 0.362. The summed E-state index contributed by atoms with van der Waals surface area (Å²) >= 11 is 0. The molecule has 2 atom stereocenters. The summed E-state index contributed by atoms with van der Waals surface area (Å²) in [6.45, 7) is 9.40. The molecule has 1 N–H and O–H groups in total. The van der Waals surface area contributed by atoms with Crippen molar-refractivity contribution in [3.8, 4) is 0 Å². The molecule has 1 aliphatic carbocycles. The summed E-state index contributed by atoms with van der Waals surface area (Å²) in [6, 6.07) is 0. The van der Waals surface area contributed by atoms with Crippen LogP contribution in [0.4, 0.5) is 0 Å². The lowest BCUT2D eigenvalue weighted by molar-refractivity contribution is 0.174. The van der Waals surface area contributed by atoms with Crippen LogP contribution in [-0.4, -0.2) is 11.7 Å². The van der Waals surface area contributed by atoms with Crippen LogP contribution in [0.1, 0.15) is 34.1 Å². The summed E-state index contributed by atoms with van der Waals surface area (Å²) in [7, 11) is 0. The third-order valence-electron chi connectivity index (χ3n) is 3.35. The Labute approximate surface area is 63.4 Å². The van der Waals surface area contributed by atoms with E-state index >= 15 is 0 Å². The molecule has 1 rings (SSSR count). The van der Waals surface area contributed by atoms with E-state index in [1.165, 1.54) is 6.42 Å². The van der Waals surface area contributed by atoms with Crippen molar-refractivity contribution in [2.45, 2.75) is 34.1 Å². The number of hydrogen-bond donors (Lipinski definition) is 1. The maximum absolute atomic E-state index is 8.90. The second kappa shape index (κ2) is 1.97. The second-order valence-corrected chi connectivity index (χ2v) is 4.75. The van der Waals surface area contributed by atoms with Gasteiger partial charge in [-0.15, -0.1) is 0 Å². The number of hydrogen-bond acceptors (Lipinski definition) is 1. The summed E-state index contributed by atoms with van der Waals surface area (Å²) in [5, 5.41) is 8.90. The van der Waals surface area contributed by atoms with Crippen molar-refractivity contribution >= 4 is 0 Å². The molecule has 1 nitrogen and oxygen atoms in total. The van der Waals surface area contributed by atoms with Crippen LogP contribution in [-0.2, 0) is 0 Å². The van der Waals surface area contributed by atoms with Gasteiger partial charge >= 0.3 is 0 Å². The van der Waals surface area contributed by atoms with Crippen molar-refractivity contribution in [1.82, 2.24) is 0 Å². The largest absolute Gasteiger partial charge is 0.396 e. The first-order valence-electron chi connectivity index (χ1n) is 4.02. The molecule has 0 spiro atoms. The molecule has 1 heteroatoms. The lowest BCUT2D eigenvalue weighted by atomic mass is 9.77. The topological polar surface area (TPSA) is 20.2 Å². The predicted octanol–water partition coefficient (Wildman–Crippen LogP) is 2.05. The number of rotatable bonds is 1. The van der Waals surface area contributed by atoms with Crippen molar-refractivity contribution in [1.29, 1.82) is 0 Å². The molecule has 10 heavy (non-hydrogen) atoms. The molecule has 0 saturated heterocycles. The van der Waals surface area contributed by atoms with Crippen molar-refractivity contribution in [3.63, 3.8) is 0 Å². The lowest BCUT2D eigenvalue weighted by Gasteiger charge is -2.28. The highest BCUT2D eigenvalue weighted by Gasteiger charge is 2.56. The fourth-order valence-corrected chi connectivity index (χ4v) is 1.64. The fraction of sp³-hybridized carbons (Fsp3) is 1.00. The molecule has 0 aromatic carbocycles. The number of aliphatic hydroxyl groups is 1. The molecule has 0 heterocycles. The van der Waals surface area contributed by atoms with E-state index in [2.05, 4.69) is 27.7 Å². The molecule has 1 saturated carbocycles. The minimum atomic E-state index is 0.362. The summed E-state index contributed by atoms with van der Waals surface area (Å²) in [5.41, 5.74) is 0.766. The second-order valence-electron chi connectivity index (χ2n) is 4.75. The molecule has 0 aromatic rings. The molecular formula is C9H18O. The molecule has 1 fully saturated rings. The molecule has 0 bridgehead atoms. The highest BCUT2D eigenvalue weighted by atomic mass is 16.3. The Bertz CT molecular complexity index is 134. The Hall–Kier alpha value is -0.0400. The molecule has 0 aliphatic heterocycles. The normalized spacial score (nSPS) is 39.9. The maximum Gasteiger partial charge on any atom is 0.0464 e. The zero-order valence-corrected chi connectivity index (χ0v) is 7.44. The van der Waals surface area contributed by atoms with Gasteiger partial charge in [0.1, 0.15) is 0 Å². The van der Waals surface area contributed by atoms with Crippen LogP contribution in [0, 0.1) is 16.7 Å². The van der Waals surface area contributed by atoms with Crippen LogP contribution in [0.25, 0.3) is 0 Å². The molecular weight excluding hydrogens is 124 g/mol. The van der Waals surface area contributed by atoms with Crippen molar-refractivity contribution in [2.24, 2.45) is 16.7 Å². The van der Waals surface area contributed by atoms with Gasteiger partial charge in [0.2, 0.25) is 0 Å². The molecule has 60 valence electrons. The van der Waals surface area contributed by atoms with E-state index in [0.717, 1.165) is 0 Å². The molecule has 0 radical (unpaired) electrons. The first kappa shape index (κ1) is 8.06. The van der Waals surface area contributed by atoms with Gasteiger partial charge < -0.3 is 5.11 Å². The maximum atomic E-state index is 8.90. The Morgan fingerprint density at radius 1 is 1.50 bits per heavy atom. The van der Waals surface area contributed by atoms with Crippen molar-refractivity contribution in [2.75, 3.05) is 6.61 Å². The third kappa shape index (κ3) is 0.968. The standard InChI is InChI=1S/C9H18O/c1-8(2,3)9(4)5-7(9)6-10/h7,10H,5-6H2,1-4H3/t7?,9-/m1/s1. The number of aliphatic hydroxyl groups excluding tert-OH is 1. The van der Waals surface area contributed by atoms with E-state index in [1.807, 2.05) is 0 Å². The lowest BCUT2D eigenvalue weighted by Crippen LogP contribution is -2.21. The average Bonchev–Trinajstić information content (AvgIpc) is 2.41. The van der Waals surface area contributed by atoms with Gasteiger partial charge in [-0.3, -0.25) is 0 Å². The SMILES string of the molecule is CC(C)(C)[C@]1(C)CC1CO. The van der Waals surface area contributed by atoms with Crippen molar-refractivity contribution in [3.05, 3.63) is 0 Å². The van der Waals surface area contributed by atoms with Gasteiger partial charge in [0.25, 0.3) is 0 Å². The van der Waals surface area contributed by atoms with E-state index in [1.54, 1.807) is 0 Å². The van der Waals surface area contributed by atoms with Crippen LogP contribution in [0.3, 0.4) is 0 Å². The molecule has 0 aromatic heterocycles. The fourth-order valence-electron chi connectivity index (χ4n) is 1.64. The Kier molecular flexibility index (Phi) is 1.59. The van der Waals surface area contributed by atoms with Gasteiger partial charge in [0, 0.05) is 6.61 Å².